The van der Waals surface area contributed by atoms with Crippen LogP contribution in [-0.2, 0) is 45.4 Å². The van der Waals surface area contributed by atoms with E-state index in [4.69, 9.17) is 56.8 Å². The average molecular weight is 1800 g/mol. The number of hydrogen-bond donors (Lipinski definition) is 0. The van der Waals surface area contributed by atoms with E-state index in [0.29, 0.717) is 120 Å². The van der Waals surface area contributed by atoms with Crippen molar-refractivity contribution in [3.63, 3.8) is 0 Å². The number of benzene rings is 8. The number of nitrogens with zero attached hydrogens (tertiary/aromatic N) is 8. The van der Waals surface area contributed by atoms with E-state index < -0.39 is 38.3 Å². The maximum Gasteiger partial charge on any atom is 0.243 e. The molecule has 0 aliphatic rings. The highest BCUT2D eigenvalue weighted by Gasteiger charge is 2.27. The summed E-state index contributed by atoms with van der Waals surface area (Å²) in [7, 11) is 6.15. The Balaban J connectivity index is 0.000000186. The van der Waals surface area contributed by atoms with Crippen LogP contribution in [0.2, 0.25) is 0 Å². The molecule has 0 aliphatic carbocycles. The molecule has 0 unspecified atom stereocenters. The first-order valence-electron chi connectivity index (χ1n) is 38.1. The molecule has 12 rings (SSSR count). The van der Waals surface area contributed by atoms with Crippen molar-refractivity contribution in [2.75, 3.05) is 101 Å². The zero-order chi connectivity index (χ0) is 88.0. The van der Waals surface area contributed by atoms with Gasteiger partial charge in [0.25, 0.3) is 0 Å². The Bertz CT molecular complexity index is 5240. The van der Waals surface area contributed by atoms with Crippen LogP contribution in [-0.4, -0.2) is 125 Å². The molecule has 0 N–H and O–H groups in total. The molecule has 123 heavy (non-hydrogen) atoms. The number of carbonyl (C=O) groups excluding carboxylic acids is 4. The number of alkyl halides is 4. The number of pyridine rings is 4. The molecule has 4 amide bonds. The maximum absolute atomic E-state index is 14.1. The molecule has 0 radical (unpaired) electrons. The van der Waals surface area contributed by atoms with Crippen LogP contribution in [0.4, 0.5) is 49.1 Å². The second-order valence-corrected chi connectivity index (χ2v) is 27.1. The van der Waals surface area contributed by atoms with Crippen molar-refractivity contribution in [2.24, 2.45) is 0 Å². The Kier molecular flexibility index (Phi) is 36.6. The molecule has 8 aromatic carbocycles. The quantitative estimate of drug-likeness (QED) is 0.0262. The lowest BCUT2D eigenvalue weighted by molar-refractivity contribution is -0.117. The first kappa shape index (κ1) is 93.0. The number of hydrogen-bond acceptors (Lipinski definition) is 20. The first-order chi connectivity index (χ1) is 59.7. The molecule has 0 spiro atoms. The molecule has 0 saturated heterocycles. The highest BCUT2D eigenvalue weighted by molar-refractivity contribution is 14.1. The zero-order valence-electron chi connectivity index (χ0n) is 68.4. The molecule has 0 fully saturated rings. The van der Waals surface area contributed by atoms with Crippen LogP contribution in [0.15, 0.2) is 249 Å². The van der Waals surface area contributed by atoms with Crippen molar-refractivity contribution < 1.29 is 102 Å². The van der Waals surface area contributed by atoms with Gasteiger partial charge in [-0.15, -0.1) is 0 Å². The Morgan fingerprint density at radius 1 is 0.309 bits per heavy atom. The number of methoxy groups -OCH3 is 4. The van der Waals surface area contributed by atoms with Gasteiger partial charge in [-0.05, 0) is 217 Å². The van der Waals surface area contributed by atoms with Gasteiger partial charge in [-0.3, -0.25) is 19.2 Å². The van der Waals surface area contributed by atoms with Crippen LogP contribution in [0.5, 0.6) is 92.5 Å². The standard InChI is InChI=1S/2C23H22F2N2O4.C23H22FIN2O4.C23H23FN2O4/c1-16(28)27(15-17-14-20(29-2)9-10-22(17)30-13-11-24)21-4-3-12-26-23(21)31-19-7-5-18(25)6-8-19;1-16(28)27(15-17-14-18(29-2)9-10-21(17)30-13-11-24)20-7-5-12-26-23(20)31-22-8-4-3-6-19(22)25;1-16(28)27(15-17-14-20(29-2)9-10-22(17)30-13-11-24)21-4-3-12-26-23(21)31-19-7-5-18(25)6-8-19;1-17(27)26(16-18-15-20(28-2)10-11-22(18)29-14-12-24)21-9-6-13-25-23(21)30-19-7-4-3-5-8-19/h3*3-10,12,14H,11,13,15H2,1-2H3;3-11,13,15H,12,14,16H2,1-2H3/i4*24-1. The highest BCUT2D eigenvalue weighted by atomic mass is 127. The van der Waals surface area contributed by atoms with Gasteiger partial charge < -0.3 is 76.4 Å². The average Bonchev–Trinajstić information content (AvgIpc) is 0.821. The summed E-state index contributed by atoms with van der Waals surface area (Å²) in [6.07, 6.45) is 6.22. The fourth-order valence-corrected chi connectivity index (χ4v) is 12.0. The molecule has 24 nitrogen and oxygen atoms in total. The van der Waals surface area contributed by atoms with E-state index in [1.807, 2.05) is 54.6 Å². The predicted molar refractivity (Wildman–Crippen MR) is 461 cm³/mol. The van der Waals surface area contributed by atoms with Crippen LogP contribution >= 0.6 is 22.6 Å². The minimum Gasteiger partial charge on any atom is -0.497 e. The van der Waals surface area contributed by atoms with E-state index in [9.17, 15) is 45.5 Å². The maximum atomic E-state index is 14.1. The monoisotopic (exact) mass is 1800 g/mol. The van der Waals surface area contributed by atoms with Crippen molar-refractivity contribution in [3.05, 3.63) is 287 Å². The molecule has 12 aromatic rings. The Hall–Kier alpha value is -13.9. The second kappa shape index (κ2) is 48.4. The molecular weight excluding hydrogens is 1710 g/mol. The molecular formula is C92H89F6IN8O16. The summed E-state index contributed by atoms with van der Waals surface area (Å²) in [6.45, 7) is 3.37. The minimum absolute atomic E-state index is 0.0145. The van der Waals surface area contributed by atoms with E-state index in [1.165, 1.54) is 110 Å². The normalized spacial score (nSPS) is 10.4. The number of aromatic nitrogens is 4. The Labute approximate surface area is 721 Å². The molecule has 0 saturated carbocycles. The van der Waals surface area contributed by atoms with Crippen LogP contribution in [0.1, 0.15) is 49.9 Å². The molecule has 4 aromatic heterocycles. The van der Waals surface area contributed by atoms with Gasteiger partial charge in [0, 0.05) is 78.3 Å². The predicted octanol–water partition coefficient (Wildman–Crippen LogP) is 20.0. The third-order valence-corrected chi connectivity index (χ3v) is 18.2. The van der Waals surface area contributed by atoms with E-state index in [-0.39, 0.29) is 93.7 Å². The topological polar surface area (TPSA) is 244 Å². The van der Waals surface area contributed by atoms with Crippen molar-refractivity contribution in [2.45, 2.75) is 53.9 Å². The number of ether oxygens (including phenoxy) is 12. The summed E-state index contributed by atoms with van der Waals surface area (Å²) < 4.78 is 145. The van der Waals surface area contributed by atoms with Gasteiger partial charge in [-0.2, -0.15) is 0 Å². The van der Waals surface area contributed by atoms with Gasteiger partial charge in [0.2, 0.25) is 47.1 Å². The van der Waals surface area contributed by atoms with Crippen LogP contribution < -0.4 is 76.4 Å². The molecule has 0 aliphatic heterocycles. The van der Waals surface area contributed by atoms with E-state index >= 15 is 0 Å². The fourth-order valence-electron chi connectivity index (χ4n) is 11.7. The Morgan fingerprint density at radius 2 is 0.577 bits per heavy atom. The van der Waals surface area contributed by atoms with Crippen molar-refractivity contribution in [3.8, 4) is 92.5 Å². The van der Waals surface area contributed by atoms with Crippen LogP contribution in [0.25, 0.3) is 0 Å². The third kappa shape index (κ3) is 27.9. The third-order valence-electron chi connectivity index (χ3n) is 17.5. The lowest BCUT2D eigenvalue weighted by atomic mass is 10.1. The van der Waals surface area contributed by atoms with Gasteiger partial charge in [0.15, 0.2) is 11.6 Å². The van der Waals surface area contributed by atoms with Crippen molar-refractivity contribution in [1.29, 1.82) is 0 Å². The van der Waals surface area contributed by atoms with Crippen LogP contribution in [0.3, 0.4) is 0 Å². The number of carbonyl (C=O) groups is 4. The largest absolute Gasteiger partial charge is 0.497 e. The molecule has 31 heteroatoms. The summed E-state index contributed by atoms with van der Waals surface area (Å²) >= 11 is 2.21. The summed E-state index contributed by atoms with van der Waals surface area (Å²) in [4.78, 5) is 73.2. The number of rotatable bonds is 36. The minimum atomic E-state index is -0.648. The Morgan fingerprint density at radius 3 is 0.862 bits per heavy atom. The van der Waals surface area contributed by atoms with E-state index in [0.717, 1.165) is 3.57 Å². The van der Waals surface area contributed by atoms with Crippen molar-refractivity contribution in [1.82, 2.24) is 19.9 Å². The highest BCUT2D eigenvalue weighted by Crippen LogP contribution is 2.40. The molecule has 0 atom stereocenters. The smallest absolute Gasteiger partial charge is 0.243 e. The second-order valence-electron chi connectivity index (χ2n) is 25.8. The first-order valence-corrected chi connectivity index (χ1v) is 39.1. The van der Waals surface area contributed by atoms with E-state index in [1.54, 1.807) is 160 Å². The van der Waals surface area contributed by atoms with Gasteiger partial charge >= 0.3 is 0 Å². The number of para-hydroxylation sites is 2. The van der Waals surface area contributed by atoms with Crippen molar-refractivity contribution >= 4 is 69.0 Å². The molecule has 0 bridgehead atoms. The molecule has 642 valence electrons. The zero-order valence-corrected chi connectivity index (χ0v) is 70.6. The van der Waals surface area contributed by atoms with Gasteiger partial charge in [-0.1, -0.05) is 30.3 Å². The number of amides is 4. The molecule has 4 heterocycles. The van der Waals surface area contributed by atoms with Gasteiger partial charge in [0.05, 0.1) is 54.6 Å². The summed E-state index contributed by atoms with van der Waals surface area (Å²) in [5.41, 5.74) is 4.35. The SMILES string of the molecule is COc1ccc(OCC[18F])c(CN(C(C)=O)c2cccnc2Oc2ccc(F)cc2)c1.COc1ccc(OCC[18F])c(CN(C(C)=O)c2cccnc2Oc2ccc(I)cc2)c1.COc1ccc(OCC[18F])c(CN(C(C)=O)c2cccnc2Oc2ccccc2)c1.COc1ccc(OCC[18F])c(CN(C(C)=O)c2cccnc2Oc2ccccc2F)c1. The number of anilines is 4. The van der Waals surface area contributed by atoms with Crippen LogP contribution in [0, 0.1) is 15.2 Å². The van der Waals surface area contributed by atoms with Gasteiger partial charge in [-0.25, -0.2) is 46.3 Å². The summed E-state index contributed by atoms with van der Waals surface area (Å²) in [5, 5.41) is 0. The fraction of sp³-hybridized carbons (Fsp3) is 0.217. The lowest BCUT2D eigenvalue weighted by Crippen LogP contribution is -2.28. The number of halogens is 7. The summed E-state index contributed by atoms with van der Waals surface area (Å²) in [5.74, 6) is 4.65. The lowest BCUT2D eigenvalue weighted by Gasteiger charge is -2.24. The van der Waals surface area contributed by atoms with E-state index in [2.05, 4.69) is 42.5 Å². The van der Waals surface area contributed by atoms with Gasteiger partial charge in [0.1, 0.15) is 145 Å². The summed E-state index contributed by atoms with van der Waals surface area (Å²) in [6, 6.07) is 62.3.